The molecule has 29 heavy (non-hydrogen) atoms. The van der Waals surface area contributed by atoms with Crippen LogP contribution in [0.15, 0.2) is 72.0 Å². The van der Waals surface area contributed by atoms with Crippen molar-refractivity contribution in [2.45, 2.75) is 0 Å². The van der Waals surface area contributed by atoms with Gasteiger partial charge in [0.05, 0.1) is 24.6 Å². The van der Waals surface area contributed by atoms with Gasteiger partial charge in [-0.05, 0) is 48.5 Å². The standard InChI is InChI=1S/C21H19N3O5/c1-28-18-6-2-3-7-19(18)29-14-20(25)23-22-13-17-5-4-12-24(17)16-10-8-15(9-11-16)21(26)27/h2-13H,14H2,1H3,(H,23,25)(H,26,27)/b22-13-. The molecule has 2 aromatic carbocycles. The molecule has 0 fully saturated rings. The molecule has 0 atom stereocenters. The van der Waals surface area contributed by atoms with Gasteiger partial charge >= 0.3 is 5.97 Å². The third-order valence-electron chi connectivity index (χ3n) is 3.99. The molecule has 3 rings (SSSR count). The topological polar surface area (TPSA) is 102 Å². The Balaban J connectivity index is 1.59. The number of carboxylic acids is 1. The van der Waals surface area contributed by atoms with Gasteiger partial charge in [0.2, 0.25) is 0 Å². The first-order chi connectivity index (χ1) is 14.1. The summed E-state index contributed by atoms with van der Waals surface area (Å²) in [4.78, 5) is 22.9. The van der Waals surface area contributed by atoms with Crippen LogP contribution in [0.4, 0.5) is 0 Å². The average Bonchev–Trinajstić information content (AvgIpc) is 3.21. The van der Waals surface area contributed by atoms with E-state index in [-0.39, 0.29) is 12.2 Å². The van der Waals surface area contributed by atoms with Crippen LogP contribution in [0.1, 0.15) is 16.1 Å². The first-order valence-electron chi connectivity index (χ1n) is 8.67. The molecule has 0 bridgehead atoms. The molecule has 8 heteroatoms. The van der Waals surface area contributed by atoms with Gasteiger partial charge in [0, 0.05) is 11.9 Å². The zero-order chi connectivity index (χ0) is 20.6. The van der Waals surface area contributed by atoms with Crippen LogP contribution < -0.4 is 14.9 Å². The molecule has 0 saturated heterocycles. The number of nitrogens with zero attached hydrogens (tertiary/aromatic N) is 2. The number of rotatable bonds is 8. The normalized spacial score (nSPS) is 10.7. The van der Waals surface area contributed by atoms with Gasteiger partial charge in [-0.1, -0.05) is 12.1 Å². The summed E-state index contributed by atoms with van der Waals surface area (Å²) in [5.74, 6) is -0.400. The summed E-state index contributed by atoms with van der Waals surface area (Å²) in [6.45, 7) is -0.213. The number of benzene rings is 2. The van der Waals surface area contributed by atoms with E-state index >= 15 is 0 Å². The first-order valence-corrected chi connectivity index (χ1v) is 8.67. The van der Waals surface area contributed by atoms with Gasteiger partial charge in [-0.15, -0.1) is 0 Å². The van der Waals surface area contributed by atoms with Gasteiger partial charge in [-0.3, -0.25) is 4.79 Å². The molecule has 0 aliphatic heterocycles. The lowest BCUT2D eigenvalue weighted by Crippen LogP contribution is -2.24. The van der Waals surface area contributed by atoms with Crippen LogP contribution in [0.5, 0.6) is 11.5 Å². The number of ether oxygens (including phenoxy) is 2. The van der Waals surface area contributed by atoms with E-state index in [1.807, 2.05) is 22.9 Å². The van der Waals surface area contributed by atoms with Gasteiger partial charge in [0.25, 0.3) is 5.91 Å². The predicted octanol–water partition coefficient (Wildman–Crippen LogP) is 2.71. The van der Waals surface area contributed by atoms with Crippen LogP contribution in [0.3, 0.4) is 0 Å². The van der Waals surface area contributed by atoms with Crippen molar-refractivity contribution in [3.05, 3.63) is 78.1 Å². The van der Waals surface area contributed by atoms with Crippen molar-refractivity contribution in [1.29, 1.82) is 0 Å². The van der Waals surface area contributed by atoms with Crippen molar-refractivity contribution in [2.24, 2.45) is 5.10 Å². The van der Waals surface area contributed by atoms with Crippen molar-refractivity contribution in [3.8, 4) is 17.2 Å². The van der Waals surface area contributed by atoms with Gasteiger partial charge < -0.3 is 19.1 Å². The molecular weight excluding hydrogens is 374 g/mol. The SMILES string of the molecule is COc1ccccc1OCC(=O)N/N=C\c1cccn1-c1ccc(C(=O)O)cc1. The molecule has 0 radical (unpaired) electrons. The molecule has 0 aliphatic rings. The predicted molar refractivity (Wildman–Crippen MR) is 107 cm³/mol. The number of methoxy groups -OCH3 is 1. The zero-order valence-corrected chi connectivity index (χ0v) is 15.6. The summed E-state index contributed by atoms with van der Waals surface area (Å²) in [6.07, 6.45) is 3.30. The van der Waals surface area contributed by atoms with Crippen LogP contribution in [0.2, 0.25) is 0 Å². The fourth-order valence-corrected chi connectivity index (χ4v) is 2.58. The summed E-state index contributed by atoms with van der Waals surface area (Å²) >= 11 is 0. The summed E-state index contributed by atoms with van der Waals surface area (Å²) in [5.41, 5.74) is 4.09. The van der Waals surface area contributed by atoms with Crippen LogP contribution in [-0.4, -0.2) is 41.5 Å². The van der Waals surface area contributed by atoms with Gasteiger partial charge in [0.15, 0.2) is 18.1 Å². The summed E-state index contributed by atoms with van der Waals surface area (Å²) in [6, 6.07) is 17.1. The Morgan fingerprint density at radius 2 is 1.79 bits per heavy atom. The van der Waals surface area contributed by atoms with Crippen LogP contribution in [0, 0.1) is 0 Å². The van der Waals surface area contributed by atoms with Gasteiger partial charge in [-0.2, -0.15) is 5.10 Å². The Morgan fingerprint density at radius 3 is 2.48 bits per heavy atom. The number of aromatic nitrogens is 1. The van der Waals surface area contributed by atoms with E-state index in [1.54, 1.807) is 36.4 Å². The van der Waals surface area contributed by atoms with Crippen molar-refractivity contribution in [3.63, 3.8) is 0 Å². The largest absolute Gasteiger partial charge is 0.493 e. The van der Waals surface area contributed by atoms with Gasteiger partial charge in [0.1, 0.15) is 0 Å². The van der Waals surface area contributed by atoms with E-state index in [2.05, 4.69) is 10.5 Å². The number of hydrazone groups is 1. The minimum absolute atomic E-state index is 0.207. The minimum atomic E-state index is -0.983. The second-order valence-corrected chi connectivity index (χ2v) is 5.89. The molecular formula is C21H19N3O5. The maximum Gasteiger partial charge on any atom is 0.335 e. The maximum atomic E-state index is 11.9. The first kappa shape index (κ1) is 19.7. The fraction of sp³-hybridized carbons (Fsp3) is 0.0952. The number of nitrogens with one attached hydrogen (secondary N) is 1. The monoisotopic (exact) mass is 393 g/mol. The molecule has 0 saturated carbocycles. The molecule has 148 valence electrons. The molecule has 1 heterocycles. The summed E-state index contributed by atoms with van der Waals surface area (Å²) in [7, 11) is 1.52. The van der Waals surface area contributed by atoms with Crippen molar-refractivity contribution >= 4 is 18.1 Å². The highest BCUT2D eigenvalue weighted by atomic mass is 16.5. The third-order valence-corrected chi connectivity index (χ3v) is 3.99. The second kappa shape index (κ2) is 9.23. The fourth-order valence-electron chi connectivity index (χ4n) is 2.58. The molecule has 1 aromatic heterocycles. The molecule has 1 amide bonds. The molecule has 8 nitrogen and oxygen atoms in total. The Hall–Kier alpha value is -4.07. The number of hydrogen-bond acceptors (Lipinski definition) is 5. The van der Waals surface area contributed by atoms with Crippen molar-refractivity contribution < 1.29 is 24.2 Å². The summed E-state index contributed by atoms with van der Waals surface area (Å²) < 4.78 is 12.4. The number of aromatic carboxylic acids is 1. The lowest BCUT2D eigenvalue weighted by molar-refractivity contribution is -0.123. The van der Waals surface area contributed by atoms with E-state index in [0.717, 1.165) is 5.69 Å². The number of hydrogen-bond donors (Lipinski definition) is 2. The van der Waals surface area contributed by atoms with E-state index in [9.17, 15) is 9.59 Å². The zero-order valence-electron chi connectivity index (χ0n) is 15.6. The second-order valence-electron chi connectivity index (χ2n) is 5.89. The maximum absolute atomic E-state index is 11.9. The Morgan fingerprint density at radius 1 is 1.07 bits per heavy atom. The Kier molecular flexibility index (Phi) is 6.26. The lowest BCUT2D eigenvalue weighted by atomic mass is 10.2. The van der Waals surface area contributed by atoms with Gasteiger partial charge in [-0.25, -0.2) is 10.2 Å². The van der Waals surface area contributed by atoms with Crippen molar-refractivity contribution in [1.82, 2.24) is 9.99 Å². The highest BCUT2D eigenvalue weighted by Crippen LogP contribution is 2.25. The van der Waals surface area contributed by atoms with E-state index in [1.165, 1.54) is 25.5 Å². The molecule has 3 aromatic rings. The van der Waals surface area contributed by atoms with E-state index < -0.39 is 11.9 Å². The molecule has 0 aliphatic carbocycles. The van der Waals surface area contributed by atoms with Crippen LogP contribution in [0.25, 0.3) is 5.69 Å². The van der Waals surface area contributed by atoms with E-state index in [4.69, 9.17) is 14.6 Å². The molecule has 0 spiro atoms. The number of carboxylic acid groups (broad SMARTS) is 1. The molecule has 2 N–H and O–H groups in total. The quantitative estimate of drug-likeness (QED) is 0.453. The summed E-state index contributed by atoms with van der Waals surface area (Å²) in [5, 5.41) is 12.9. The number of carbonyl (C=O) groups is 2. The van der Waals surface area contributed by atoms with Crippen LogP contribution in [-0.2, 0) is 4.79 Å². The third kappa shape index (κ3) is 5.01. The average molecular weight is 393 g/mol. The Bertz CT molecular complexity index is 1020. The highest BCUT2D eigenvalue weighted by molar-refractivity contribution is 5.88. The smallest absolute Gasteiger partial charge is 0.335 e. The van der Waals surface area contributed by atoms with Crippen LogP contribution >= 0.6 is 0 Å². The minimum Gasteiger partial charge on any atom is -0.493 e. The Labute approximate surface area is 167 Å². The lowest BCUT2D eigenvalue weighted by Gasteiger charge is -2.09. The van der Waals surface area contributed by atoms with Crippen molar-refractivity contribution in [2.75, 3.05) is 13.7 Å². The highest BCUT2D eigenvalue weighted by Gasteiger charge is 2.07. The number of carbonyl (C=O) groups excluding carboxylic acids is 1. The number of para-hydroxylation sites is 2. The number of amides is 1. The molecule has 0 unspecified atom stereocenters. The van der Waals surface area contributed by atoms with E-state index in [0.29, 0.717) is 17.2 Å².